The van der Waals surface area contributed by atoms with Gasteiger partial charge in [0.15, 0.2) is 5.16 Å². The van der Waals surface area contributed by atoms with Crippen LogP contribution in [0.2, 0.25) is 0 Å². The van der Waals surface area contributed by atoms with E-state index in [4.69, 9.17) is 10.5 Å². The molecule has 0 atom stereocenters. The summed E-state index contributed by atoms with van der Waals surface area (Å²) in [6.07, 6.45) is 2.04. The van der Waals surface area contributed by atoms with E-state index in [-0.39, 0.29) is 0 Å². The molecule has 0 unspecified atom stereocenters. The van der Waals surface area contributed by atoms with E-state index in [2.05, 4.69) is 16.3 Å². The van der Waals surface area contributed by atoms with Crippen LogP contribution >= 0.6 is 11.8 Å². The van der Waals surface area contributed by atoms with Crippen LogP contribution in [0, 0.1) is 0 Å². The highest BCUT2D eigenvalue weighted by atomic mass is 32.2. The molecule has 0 amide bonds. The zero-order chi connectivity index (χ0) is 13.7. The van der Waals surface area contributed by atoms with Crippen molar-refractivity contribution in [2.75, 3.05) is 18.6 Å². The van der Waals surface area contributed by atoms with E-state index in [1.165, 1.54) is 5.56 Å². The van der Waals surface area contributed by atoms with Gasteiger partial charge in [-0.2, -0.15) is 0 Å². The number of methoxy groups -OCH3 is 1. The molecule has 0 aliphatic heterocycles. The topological polar surface area (TPSA) is 66.0 Å². The lowest BCUT2D eigenvalue weighted by Gasteiger charge is -2.07. The summed E-state index contributed by atoms with van der Waals surface area (Å²) in [4.78, 5) is 0. The molecule has 0 radical (unpaired) electrons. The Morgan fingerprint density at radius 3 is 2.79 bits per heavy atom. The third kappa shape index (κ3) is 3.41. The number of hydrogen-bond donors (Lipinski definition) is 1. The minimum absolute atomic E-state index is 0.451. The fraction of sp³-hybridized carbons (Fsp3) is 0.385. The van der Waals surface area contributed by atoms with Crippen LogP contribution in [0.4, 0.5) is 5.95 Å². The van der Waals surface area contributed by atoms with Gasteiger partial charge in [0.25, 0.3) is 0 Å². The molecule has 0 aliphatic rings. The smallest absolute Gasteiger partial charge is 0.222 e. The van der Waals surface area contributed by atoms with E-state index in [9.17, 15) is 0 Å². The van der Waals surface area contributed by atoms with Crippen LogP contribution in [-0.4, -0.2) is 27.6 Å². The van der Waals surface area contributed by atoms with Crippen molar-refractivity contribution < 1.29 is 4.74 Å². The maximum absolute atomic E-state index is 5.63. The number of rotatable bonds is 6. The summed E-state index contributed by atoms with van der Waals surface area (Å²) in [6, 6.07) is 8.11. The summed E-state index contributed by atoms with van der Waals surface area (Å²) in [7, 11) is 3.58. The van der Waals surface area contributed by atoms with Crippen molar-refractivity contribution in [1.29, 1.82) is 0 Å². The molecule has 0 aliphatic carbocycles. The molecular formula is C13H18N4OS. The largest absolute Gasteiger partial charge is 0.496 e. The van der Waals surface area contributed by atoms with Crippen molar-refractivity contribution in [3.05, 3.63) is 29.8 Å². The summed E-state index contributed by atoms with van der Waals surface area (Å²) in [5.74, 6) is 2.38. The molecule has 0 saturated carbocycles. The highest BCUT2D eigenvalue weighted by Crippen LogP contribution is 2.22. The Balaban J connectivity index is 1.82. The maximum Gasteiger partial charge on any atom is 0.222 e. The van der Waals surface area contributed by atoms with E-state index >= 15 is 0 Å². The van der Waals surface area contributed by atoms with Gasteiger partial charge in [-0.05, 0) is 24.5 Å². The van der Waals surface area contributed by atoms with Gasteiger partial charge >= 0.3 is 0 Å². The van der Waals surface area contributed by atoms with Gasteiger partial charge in [0.05, 0.1) is 7.11 Å². The van der Waals surface area contributed by atoms with E-state index < -0.39 is 0 Å². The second-order valence-corrected chi connectivity index (χ2v) is 5.23. The molecule has 1 aromatic heterocycles. The lowest BCUT2D eigenvalue weighted by molar-refractivity contribution is 0.409. The summed E-state index contributed by atoms with van der Waals surface area (Å²) in [5, 5.41) is 8.71. The Morgan fingerprint density at radius 1 is 1.32 bits per heavy atom. The summed E-state index contributed by atoms with van der Waals surface area (Å²) in [5.41, 5.74) is 6.87. The van der Waals surface area contributed by atoms with Crippen molar-refractivity contribution in [3.63, 3.8) is 0 Å². The van der Waals surface area contributed by atoms with Gasteiger partial charge in [0.1, 0.15) is 5.75 Å². The summed E-state index contributed by atoms with van der Waals surface area (Å²) in [6.45, 7) is 0. The van der Waals surface area contributed by atoms with Gasteiger partial charge in [0, 0.05) is 12.8 Å². The summed E-state index contributed by atoms with van der Waals surface area (Å²) >= 11 is 1.67. The van der Waals surface area contributed by atoms with Crippen LogP contribution in [0.15, 0.2) is 29.4 Å². The van der Waals surface area contributed by atoms with Crippen LogP contribution in [0.5, 0.6) is 5.75 Å². The predicted molar refractivity (Wildman–Crippen MR) is 77.5 cm³/mol. The maximum atomic E-state index is 5.63. The van der Waals surface area contributed by atoms with Crippen LogP contribution in [-0.2, 0) is 13.5 Å². The first-order valence-electron chi connectivity index (χ1n) is 6.12. The SMILES string of the molecule is COc1ccccc1CCCSc1nnc(N)n1C. The first-order valence-corrected chi connectivity index (χ1v) is 7.10. The number of benzene rings is 1. The number of thioether (sulfide) groups is 1. The lowest BCUT2D eigenvalue weighted by atomic mass is 10.1. The molecule has 0 bridgehead atoms. The molecule has 0 fully saturated rings. The number of anilines is 1. The molecule has 1 heterocycles. The number of hydrogen-bond acceptors (Lipinski definition) is 5. The van der Waals surface area contributed by atoms with E-state index in [0.29, 0.717) is 5.95 Å². The quantitative estimate of drug-likeness (QED) is 0.647. The molecule has 2 aromatic rings. The average molecular weight is 278 g/mol. The highest BCUT2D eigenvalue weighted by Gasteiger charge is 2.06. The fourth-order valence-corrected chi connectivity index (χ4v) is 2.64. The van der Waals surface area contributed by atoms with Gasteiger partial charge in [0.2, 0.25) is 5.95 Å². The van der Waals surface area contributed by atoms with E-state index in [1.807, 2.05) is 25.2 Å². The number of nitrogens with zero attached hydrogens (tertiary/aromatic N) is 3. The minimum Gasteiger partial charge on any atom is -0.496 e. The first kappa shape index (κ1) is 13.7. The first-order chi connectivity index (χ1) is 9.22. The second kappa shape index (κ2) is 6.47. The monoisotopic (exact) mass is 278 g/mol. The number of nitrogens with two attached hydrogens (primary N) is 1. The Kier molecular flexibility index (Phi) is 4.68. The molecule has 0 saturated heterocycles. The van der Waals surface area contributed by atoms with Crippen LogP contribution in [0.25, 0.3) is 0 Å². The van der Waals surface area contributed by atoms with Gasteiger partial charge in [-0.3, -0.25) is 4.57 Å². The predicted octanol–water partition coefficient (Wildman–Crippen LogP) is 2.13. The number of aryl methyl sites for hydroxylation is 1. The zero-order valence-electron chi connectivity index (χ0n) is 11.2. The summed E-state index contributed by atoms with van der Waals surface area (Å²) < 4.78 is 7.13. The van der Waals surface area contributed by atoms with Crippen molar-refractivity contribution in [1.82, 2.24) is 14.8 Å². The Hall–Kier alpha value is -1.69. The third-order valence-corrected chi connectivity index (χ3v) is 3.99. The molecule has 5 nitrogen and oxygen atoms in total. The normalized spacial score (nSPS) is 10.6. The average Bonchev–Trinajstić information content (AvgIpc) is 2.76. The van der Waals surface area contributed by atoms with E-state index in [0.717, 1.165) is 29.5 Å². The van der Waals surface area contributed by atoms with Crippen molar-refractivity contribution in [3.8, 4) is 5.75 Å². The zero-order valence-corrected chi connectivity index (χ0v) is 12.0. The van der Waals surface area contributed by atoms with Crippen molar-refractivity contribution in [2.45, 2.75) is 18.0 Å². The lowest BCUT2D eigenvalue weighted by Crippen LogP contribution is -1.98. The number of aromatic nitrogens is 3. The molecule has 6 heteroatoms. The molecule has 2 N–H and O–H groups in total. The number of para-hydroxylation sites is 1. The molecule has 102 valence electrons. The Morgan fingerprint density at radius 2 is 2.11 bits per heavy atom. The Bertz CT molecular complexity index is 541. The molecule has 0 spiro atoms. The van der Waals surface area contributed by atoms with Crippen molar-refractivity contribution in [2.24, 2.45) is 7.05 Å². The van der Waals surface area contributed by atoms with Gasteiger partial charge < -0.3 is 10.5 Å². The van der Waals surface area contributed by atoms with Gasteiger partial charge in [-0.25, -0.2) is 0 Å². The fourth-order valence-electron chi connectivity index (χ4n) is 1.79. The van der Waals surface area contributed by atoms with Crippen LogP contribution in [0.3, 0.4) is 0 Å². The second-order valence-electron chi connectivity index (χ2n) is 4.16. The van der Waals surface area contributed by atoms with Crippen LogP contribution in [0.1, 0.15) is 12.0 Å². The van der Waals surface area contributed by atoms with Crippen molar-refractivity contribution >= 4 is 17.7 Å². The number of ether oxygens (including phenoxy) is 1. The van der Waals surface area contributed by atoms with E-state index in [1.54, 1.807) is 23.4 Å². The third-order valence-electron chi connectivity index (χ3n) is 2.88. The molecule has 1 aromatic carbocycles. The minimum atomic E-state index is 0.451. The number of nitrogen functional groups attached to an aromatic ring is 1. The standard InChI is InChI=1S/C13H18N4OS/c1-17-12(14)15-16-13(17)19-9-5-7-10-6-3-4-8-11(10)18-2/h3-4,6,8H,5,7,9H2,1-2H3,(H2,14,15). The van der Waals surface area contributed by atoms with Gasteiger partial charge in [-0.15, -0.1) is 10.2 Å². The van der Waals surface area contributed by atoms with Gasteiger partial charge in [-0.1, -0.05) is 30.0 Å². The molecule has 2 rings (SSSR count). The Labute approximate surface area is 117 Å². The molecule has 19 heavy (non-hydrogen) atoms. The highest BCUT2D eigenvalue weighted by molar-refractivity contribution is 7.99. The van der Waals surface area contributed by atoms with Crippen LogP contribution < -0.4 is 10.5 Å². The molecular weight excluding hydrogens is 260 g/mol.